The maximum absolute atomic E-state index is 11.9. The molecule has 0 aliphatic rings. The molecule has 0 aromatic heterocycles. The fraction of sp³-hybridized carbons (Fsp3) is 0.400. The summed E-state index contributed by atoms with van der Waals surface area (Å²) in [5.41, 5.74) is 0. The number of benzene rings is 1. The lowest BCUT2D eigenvalue weighted by atomic mass is 10.4. The molecule has 10 heteroatoms. The first-order valence-corrected chi connectivity index (χ1v) is 11.0. The van der Waals surface area contributed by atoms with E-state index in [9.17, 15) is 21.0 Å². The van der Waals surface area contributed by atoms with E-state index in [1.54, 1.807) is 6.26 Å². The van der Waals surface area contributed by atoms with E-state index in [1.807, 2.05) is 0 Å². The van der Waals surface area contributed by atoms with Gasteiger partial charge in [-0.25, -0.2) is 21.6 Å². The van der Waals surface area contributed by atoms with Crippen molar-refractivity contribution in [3.05, 3.63) is 24.3 Å². The van der Waals surface area contributed by atoms with Gasteiger partial charge in [0.2, 0.25) is 10.0 Å². The molecule has 0 aliphatic heterocycles. The van der Waals surface area contributed by atoms with Crippen molar-refractivity contribution in [2.75, 3.05) is 18.6 Å². The standard InChI is InChI=1S/C10H14ClNO5S3/c1-18(13)8-2-7-12-20(16,17)10-5-3-9(4-6-10)19(11,14)15/h3-6,12H,2,7-8H2,1H3. The van der Waals surface area contributed by atoms with Crippen LogP contribution in [0.1, 0.15) is 6.42 Å². The molecule has 6 nitrogen and oxygen atoms in total. The average Bonchev–Trinajstić information content (AvgIpc) is 2.34. The van der Waals surface area contributed by atoms with Gasteiger partial charge in [-0.05, 0) is 30.7 Å². The van der Waals surface area contributed by atoms with E-state index in [1.165, 1.54) is 0 Å². The van der Waals surface area contributed by atoms with Crippen LogP contribution in [0.2, 0.25) is 0 Å². The summed E-state index contributed by atoms with van der Waals surface area (Å²) in [4.78, 5) is -0.223. The normalized spacial score (nSPS) is 14.1. The second kappa shape index (κ2) is 6.99. The van der Waals surface area contributed by atoms with Crippen molar-refractivity contribution in [3.8, 4) is 0 Å². The number of hydrogen-bond donors (Lipinski definition) is 1. The van der Waals surface area contributed by atoms with E-state index >= 15 is 0 Å². The van der Waals surface area contributed by atoms with Crippen molar-refractivity contribution in [1.29, 1.82) is 0 Å². The van der Waals surface area contributed by atoms with E-state index in [0.717, 1.165) is 24.3 Å². The number of hydrogen-bond acceptors (Lipinski definition) is 5. The van der Waals surface area contributed by atoms with Crippen molar-refractivity contribution in [2.24, 2.45) is 0 Å². The SMILES string of the molecule is CS(=O)CCCNS(=O)(=O)c1ccc(S(=O)(=O)Cl)cc1. The van der Waals surface area contributed by atoms with Gasteiger partial charge in [-0.2, -0.15) is 0 Å². The van der Waals surface area contributed by atoms with Gasteiger partial charge < -0.3 is 0 Å². The van der Waals surface area contributed by atoms with Gasteiger partial charge >= 0.3 is 0 Å². The number of sulfonamides is 1. The third-order valence-corrected chi connectivity index (χ3v) is 6.03. The molecule has 0 saturated heterocycles. The number of halogens is 1. The average molecular weight is 360 g/mol. The second-order valence-corrected chi connectivity index (χ2v) is 9.83. The Morgan fingerprint density at radius 1 is 1.10 bits per heavy atom. The van der Waals surface area contributed by atoms with E-state index in [-0.39, 0.29) is 16.3 Å². The second-order valence-electron chi connectivity index (χ2n) is 3.94. The highest BCUT2D eigenvalue weighted by Gasteiger charge is 2.15. The van der Waals surface area contributed by atoms with E-state index in [4.69, 9.17) is 10.7 Å². The first-order chi connectivity index (χ1) is 9.13. The Labute approximate surface area is 125 Å². The van der Waals surface area contributed by atoms with Crippen LogP contribution in [0.3, 0.4) is 0 Å². The van der Waals surface area contributed by atoms with Gasteiger partial charge in [-0.3, -0.25) is 4.21 Å². The van der Waals surface area contributed by atoms with Gasteiger partial charge in [0.05, 0.1) is 9.79 Å². The monoisotopic (exact) mass is 359 g/mol. The summed E-state index contributed by atoms with van der Waals surface area (Å²) < 4.78 is 59.0. The molecule has 1 aromatic rings. The van der Waals surface area contributed by atoms with Crippen molar-refractivity contribution in [3.63, 3.8) is 0 Å². The molecule has 0 radical (unpaired) electrons. The van der Waals surface area contributed by atoms with Gasteiger partial charge in [-0.1, -0.05) is 0 Å². The largest absolute Gasteiger partial charge is 0.261 e. The van der Waals surface area contributed by atoms with Crippen LogP contribution in [0.5, 0.6) is 0 Å². The Balaban J connectivity index is 2.76. The number of rotatable bonds is 7. The first-order valence-electron chi connectivity index (χ1n) is 5.47. The Morgan fingerprint density at radius 2 is 1.60 bits per heavy atom. The van der Waals surface area contributed by atoms with Crippen molar-refractivity contribution in [1.82, 2.24) is 4.72 Å². The molecular weight excluding hydrogens is 346 g/mol. The van der Waals surface area contributed by atoms with Crippen LogP contribution in [0.25, 0.3) is 0 Å². The Kier molecular flexibility index (Phi) is 6.14. The van der Waals surface area contributed by atoms with Gasteiger partial charge in [0.1, 0.15) is 0 Å². The zero-order valence-corrected chi connectivity index (χ0v) is 13.8. The number of nitrogens with one attached hydrogen (secondary N) is 1. The van der Waals surface area contributed by atoms with Gasteiger partial charge in [0.15, 0.2) is 0 Å². The van der Waals surface area contributed by atoms with Crippen LogP contribution >= 0.6 is 10.7 Å². The van der Waals surface area contributed by atoms with Gasteiger partial charge in [-0.15, -0.1) is 0 Å². The molecule has 1 unspecified atom stereocenters. The molecule has 0 fully saturated rings. The minimum Gasteiger partial charge on any atom is -0.260 e. The minimum absolute atomic E-state index is 0.0563. The molecular formula is C10H14ClNO5S3. The lowest BCUT2D eigenvalue weighted by Crippen LogP contribution is -2.25. The molecule has 0 heterocycles. The van der Waals surface area contributed by atoms with E-state index in [0.29, 0.717) is 12.2 Å². The molecule has 1 rings (SSSR count). The maximum atomic E-state index is 11.9. The topological polar surface area (TPSA) is 97.4 Å². The highest BCUT2D eigenvalue weighted by molar-refractivity contribution is 8.13. The van der Waals surface area contributed by atoms with Crippen LogP contribution < -0.4 is 4.72 Å². The van der Waals surface area contributed by atoms with E-state index < -0.39 is 29.9 Å². The Bertz CT molecular complexity index is 682. The summed E-state index contributed by atoms with van der Waals surface area (Å²) in [6, 6.07) is 4.57. The van der Waals surface area contributed by atoms with Crippen molar-refractivity contribution >= 4 is 40.6 Å². The van der Waals surface area contributed by atoms with Crippen LogP contribution in [-0.2, 0) is 29.9 Å². The third-order valence-electron chi connectivity index (χ3n) is 2.32. The van der Waals surface area contributed by atoms with Crippen molar-refractivity contribution in [2.45, 2.75) is 16.2 Å². The summed E-state index contributed by atoms with van der Waals surface area (Å²) in [5.74, 6) is 0.409. The summed E-state index contributed by atoms with van der Waals surface area (Å²) >= 11 is 0. The van der Waals surface area contributed by atoms with Gasteiger partial charge in [0.25, 0.3) is 9.05 Å². The Hall–Kier alpha value is -0.480. The molecule has 1 aromatic carbocycles. The molecule has 0 amide bonds. The summed E-state index contributed by atoms with van der Waals surface area (Å²) in [6.07, 6.45) is 2.00. The molecule has 0 bridgehead atoms. The summed E-state index contributed by atoms with van der Waals surface area (Å²) in [7, 11) is -3.41. The summed E-state index contributed by atoms with van der Waals surface area (Å²) in [6.45, 7) is 0.164. The molecule has 0 saturated carbocycles. The Morgan fingerprint density at radius 3 is 2.05 bits per heavy atom. The fourth-order valence-electron chi connectivity index (χ4n) is 1.35. The first kappa shape index (κ1) is 17.6. The molecule has 0 spiro atoms. The predicted molar refractivity (Wildman–Crippen MR) is 78.2 cm³/mol. The van der Waals surface area contributed by atoms with Crippen LogP contribution in [-0.4, -0.2) is 39.6 Å². The van der Waals surface area contributed by atoms with Crippen LogP contribution in [0.15, 0.2) is 34.1 Å². The summed E-state index contributed by atoms with van der Waals surface area (Å²) in [5, 5.41) is 0. The quantitative estimate of drug-likeness (QED) is 0.569. The minimum atomic E-state index is -3.87. The smallest absolute Gasteiger partial charge is 0.260 e. The zero-order valence-electron chi connectivity index (χ0n) is 10.6. The fourth-order valence-corrected chi connectivity index (χ4v) is 3.74. The molecule has 20 heavy (non-hydrogen) atoms. The van der Waals surface area contributed by atoms with E-state index in [2.05, 4.69) is 4.72 Å². The van der Waals surface area contributed by atoms with Crippen LogP contribution in [0.4, 0.5) is 0 Å². The molecule has 114 valence electrons. The zero-order chi connectivity index (χ0) is 15.4. The predicted octanol–water partition coefficient (Wildman–Crippen LogP) is 0.661. The maximum Gasteiger partial charge on any atom is 0.261 e. The lowest BCUT2D eigenvalue weighted by molar-refractivity contribution is 0.580. The lowest BCUT2D eigenvalue weighted by Gasteiger charge is -2.06. The highest BCUT2D eigenvalue weighted by Crippen LogP contribution is 2.17. The molecule has 1 atom stereocenters. The molecule has 0 aliphatic carbocycles. The third kappa shape index (κ3) is 5.49. The van der Waals surface area contributed by atoms with Crippen LogP contribution in [0, 0.1) is 0 Å². The highest BCUT2D eigenvalue weighted by atomic mass is 35.7. The van der Waals surface area contributed by atoms with Crippen molar-refractivity contribution < 1.29 is 21.0 Å². The van der Waals surface area contributed by atoms with Gasteiger partial charge in [0, 0.05) is 40.0 Å². The molecule has 1 N–H and O–H groups in total.